The number of rotatable bonds is 0. The zero-order valence-corrected chi connectivity index (χ0v) is 6.88. The van der Waals surface area contributed by atoms with Gasteiger partial charge in [-0.2, -0.15) is 0 Å². The second-order valence-corrected chi connectivity index (χ2v) is 6.68. The highest BCUT2D eigenvalue weighted by Gasteiger charge is 1.87. The Kier molecular flexibility index (Phi) is 10.5. The third kappa shape index (κ3) is 31.1. The first-order valence-corrected chi connectivity index (χ1v) is 3.40. The van der Waals surface area contributed by atoms with E-state index in [1.807, 2.05) is 0 Å². The van der Waals surface area contributed by atoms with Crippen molar-refractivity contribution in [1.82, 2.24) is 0 Å². The molecule has 0 aromatic rings. The molecule has 0 fully saturated rings. The number of halogens is 4. The van der Waals surface area contributed by atoms with Crippen molar-refractivity contribution in [3.63, 3.8) is 0 Å². The minimum Gasteiger partial charge on any atom is -0.269 e. The average molecular weight is 271 g/mol. The van der Waals surface area contributed by atoms with Crippen molar-refractivity contribution in [3.8, 4) is 0 Å². The maximum absolute atomic E-state index is 3.10. The van der Waals surface area contributed by atoms with Gasteiger partial charge in [0.25, 0.3) is 0 Å². The maximum Gasteiger partial charge on any atom is 0.369 e. The molecule has 0 aliphatic rings. The van der Waals surface area contributed by atoms with Crippen LogP contribution in [0.25, 0.3) is 0 Å². The fourth-order valence-corrected chi connectivity index (χ4v) is 0. The summed E-state index contributed by atoms with van der Waals surface area (Å²) in [6.45, 7) is 0. The van der Waals surface area contributed by atoms with Crippen molar-refractivity contribution in [2.75, 3.05) is 0 Å². The fourth-order valence-electron chi connectivity index (χ4n) is 0. The van der Waals surface area contributed by atoms with E-state index in [0.717, 1.165) is 0 Å². The predicted octanol–water partition coefficient (Wildman–Crippen LogP) is 2.31. The topological polar surface area (TPSA) is 0 Å². The van der Waals surface area contributed by atoms with E-state index in [2.05, 4.69) is 47.3 Å². The predicted molar refractivity (Wildman–Crippen MR) is 35.0 cm³/mol. The molecule has 0 aliphatic heterocycles. The Labute approximate surface area is 55.1 Å². The maximum atomic E-state index is 3.10. The SMILES string of the molecule is BrB(Br)Br.F. The second-order valence-electron chi connectivity index (χ2n) is 0.247. The first-order valence-electron chi connectivity index (χ1n) is 0.655. The van der Waals surface area contributed by atoms with Gasteiger partial charge in [0.2, 0.25) is 0 Å². The molecule has 0 bridgehead atoms. The lowest BCUT2D eigenvalue weighted by Crippen LogP contribution is -1.60. The van der Waals surface area contributed by atoms with Gasteiger partial charge in [-0.05, 0) is 0 Å². The van der Waals surface area contributed by atoms with Gasteiger partial charge in [0, 0.05) is 0 Å². The lowest BCUT2D eigenvalue weighted by atomic mass is 10.8. The van der Waals surface area contributed by atoms with Crippen LogP contribution in [0.4, 0.5) is 4.70 Å². The van der Waals surface area contributed by atoms with Crippen molar-refractivity contribution in [1.29, 1.82) is 0 Å². The highest BCUT2D eigenvalue weighted by Crippen LogP contribution is 2.07. The van der Waals surface area contributed by atoms with E-state index >= 15 is 0 Å². The van der Waals surface area contributed by atoms with Crippen LogP contribution >= 0.6 is 47.3 Å². The van der Waals surface area contributed by atoms with Crippen molar-refractivity contribution in [3.05, 3.63) is 0 Å². The lowest BCUT2D eigenvalue weighted by molar-refractivity contribution is 1.11. The fraction of sp³-hybridized carbons (Fsp3) is 0. The molecular formula is HBBr3F. The Morgan fingerprint density at radius 2 is 1.00 bits per heavy atom. The van der Waals surface area contributed by atoms with Gasteiger partial charge in [0.05, 0.1) is 0 Å². The third-order valence-electron chi connectivity index (χ3n) is 0. The molecule has 0 saturated heterocycles. The molecule has 0 heterocycles. The van der Waals surface area contributed by atoms with E-state index in [9.17, 15) is 0 Å². The van der Waals surface area contributed by atoms with Crippen molar-refractivity contribution < 1.29 is 4.70 Å². The summed E-state index contributed by atoms with van der Waals surface area (Å²) in [6, 6.07) is 0. The molecular weight excluding hydrogens is 270 g/mol. The highest BCUT2D eigenvalue weighted by molar-refractivity contribution is 9.69. The van der Waals surface area contributed by atoms with Gasteiger partial charge in [0.15, 0.2) is 0 Å². The summed E-state index contributed by atoms with van der Waals surface area (Å²) in [5.41, 5.74) is 0. The quantitative estimate of drug-likeness (QED) is 0.593. The molecule has 0 aliphatic carbocycles. The van der Waals surface area contributed by atoms with Crippen LogP contribution in [0.3, 0.4) is 0 Å². The van der Waals surface area contributed by atoms with Crippen LogP contribution in [-0.2, 0) is 0 Å². The average Bonchev–Trinajstić information content (AvgIpc) is 0.811. The van der Waals surface area contributed by atoms with Gasteiger partial charge in [-0.25, -0.2) is 0 Å². The van der Waals surface area contributed by atoms with Crippen LogP contribution in [0.1, 0.15) is 0 Å². The minimum absolute atomic E-state index is 0. The molecule has 0 atom stereocenters. The molecule has 32 valence electrons. The monoisotopic (exact) mass is 268 g/mol. The second kappa shape index (κ2) is 5.43. The summed E-state index contributed by atoms with van der Waals surface area (Å²) in [7, 11) is 0. The zero-order chi connectivity index (χ0) is 3.58. The molecule has 0 radical (unpaired) electrons. The molecule has 0 N–H and O–H groups in total. The number of hydrogen-bond acceptors (Lipinski definition) is 0. The summed E-state index contributed by atoms with van der Waals surface area (Å²) in [6.07, 6.45) is 0. The number of hydrogen-bond donors (Lipinski definition) is 0. The normalized spacial score (nSPS) is 5.40. The Balaban J connectivity index is 0. The van der Waals surface area contributed by atoms with E-state index in [1.165, 1.54) is 0 Å². The Hall–Kier alpha value is 1.43. The summed E-state index contributed by atoms with van der Waals surface area (Å²) in [4.78, 5) is 0. The van der Waals surface area contributed by atoms with Crippen LogP contribution < -0.4 is 0 Å². The van der Waals surface area contributed by atoms with Crippen LogP contribution in [0.5, 0.6) is 0 Å². The lowest BCUT2D eigenvalue weighted by Gasteiger charge is -1.63. The first-order chi connectivity index (χ1) is 1.73. The van der Waals surface area contributed by atoms with Gasteiger partial charge in [-0.3, -0.25) is 4.70 Å². The van der Waals surface area contributed by atoms with Crippen LogP contribution in [0.15, 0.2) is 0 Å². The molecule has 5 heavy (non-hydrogen) atoms. The van der Waals surface area contributed by atoms with Gasteiger partial charge < -0.3 is 0 Å². The summed E-state index contributed by atoms with van der Waals surface area (Å²) in [5.74, 6) is 0. The molecule has 0 unspecified atom stereocenters. The van der Waals surface area contributed by atoms with Gasteiger partial charge in [0.1, 0.15) is 0 Å². The third-order valence-corrected chi connectivity index (χ3v) is 0. The van der Waals surface area contributed by atoms with Crippen molar-refractivity contribution in [2.45, 2.75) is 0 Å². The first kappa shape index (κ1) is 9.66. The van der Waals surface area contributed by atoms with E-state index in [-0.39, 0.29) is 7.89 Å². The van der Waals surface area contributed by atoms with E-state index in [0.29, 0.717) is 0 Å². The summed E-state index contributed by atoms with van der Waals surface area (Å²) in [5, 5.41) is 0. The molecule has 0 rings (SSSR count). The molecule has 0 amide bonds. The van der Waals surface area contributed by atoms with Crippen LogP contribution in [0, 0.1) is 0 Å². The van der Waals surface area contributed by atoms with E-state index in [4.69, 9.17) is 0 Å². The zero-order valence-electron chi connectivity index (χ0n) is 2.12. The standard InChI is InChI=1S/BBr3.FH/c2-1(3)4;/h;1H. The van der Waals surface area contributed by atoms with E-state index in [1.54, 1.807) is 0 Å². The molecule has 5 heteroatoms. The Morgan fingerprint density at radius 1 is 1.00 bits per heavy atom. The highest BCUT2D eigenvalue weighted by atomic mass is 79.9. The van der Waals surface area contributed by atoms with Crippen LogP contribution in [-0.4, -0.2) is 3.18 Å². The van der Waals surface area contributed by atoms with Crippen molar-refractivity contribution in [2.24, 2.45) is 0 Å². The summed E-state index contributed by atoms with van der Waals surface area (Å²) < 4.78 is 0.271. The largest absolute Gasteiger partial charge is 0.369 e. The minimum atomic E-state index is 0. The molecule has 0 aromatic carbocycles. The van der Waals surface area contributed by atoms with Gasteiger partial charge >= 0.3 is 3.18 Å². The smallest absolute Gasteiger partial charge is 0.269 e. The van der Waals surface area contributed by atoms with Crippen LogP contribution in [0.2, 0.25) is 0 Å². The summed E-state index contributed by atoms with van der Waals surface area (Å²) >= 11 is 9.31. The molecule has 0 saturated carbocycles. The molecule has 0 nitrogen and oxygen atoms in total. The van der Waals surface area contributed by atoms with Gasteiger partial charge in [-0.15, -0.1) is 47.3 Å². The molecule has 0 spiro atoms. The van der Waals surface area contributed by atoms with Gasteiger partial charge in [-0.1, -0.05) is 0 Å². The Bertz CT molecular complexity index is 11.6. The van der Waals surface area contributed by atoms with Crippen molar-refractivity contribution >= 4 is 50.5 Å². The molecule has 0 aromatic heterocycles. The Morgan fingerprint density at radius 3 is 1.00 bits per heavy atom. The van der Waals surface area contributed by atoms with E-state index < -0.39 is 0 Å².